The molecule has 0 aliphatic carbocycles. The van der Waals surface area contributed by atoms with E-state index in [9.17, 15) is 13.2 Å². The molecule has 1 aliphatic rings. The summed E-state index contributed by atoms with van der Waals surface area (Å²) in [4.78, 5) is 12.1. The number of rotatable bonds is 3. The normalized spacial score (nSPS) is 21.9. The lowest BCUT2D eigenvalue weighted by Crippen LogP contribution is -2.43. The lowest BCUT2D eigenvalue weighted by Gasteiger charge is -2.29. The molecule has 0 radical (unpaired) electrons. The van der Waals surface area contributed by atoms with Crippen LogP contribution < -0.4 is 5.73 Å². The zero-order valence-corrected chi connectivity index (χ0v) is 11.8. The van der Waals surface area contributed by atoms with Crippen LogP contribution in [0.15, 0.2) is 16.3 Å². The second-order valence-electron chi connectivity index (χ2n) is 4.47. The maximum absolute atomic E-state index is 12.4. The SMILES string of the molecule is Cc1ccc(S(=O)(=O)N2CCCC(C(N)=O)C2)s1. The van der Waals surface area contributed by atoms with E-state index in [1.165, 1.54) is 15.6 Å². The van der Waals surface area contributed by atoms with Crippen molar-refractivity contribution in [1.29, 1.82) is 0 Å². The third-order valence-corrected chi connectivity index (χ3v) is 6.43. The molecule has 18 heavy (non-hydrogen) atoms. The van der Waals surface area contributed by atoms with Gasteiger partial charge in [0, 0.05) is 18.0 Å². The van der Waals surface area contributed by atoms with Crippen molar-refractivity contribution in [2.75, 3.05) is 13.1 Å². The Kier molecular flexibility index (Phi) is 3.74. The summed E-state index contributed by atoms with van der Waals surface area (Å²) in [5.41, 5.74) is 5.26. The van der Waals surface area contributed by atoms with Gasteiger partial charge >= 0.3 is 0 Å². The van der Waals surface area contributed by atoms with Crippen LogP contribution in [0.3, 0.4) is 0 Å². The number of sulfonamides is 1. The van der Waals surface area contributed by atoms with Gasteiger partial charge < -0.3 is 5.73 Å². The molecule has 1 amide bonds. The molecule has 5 nitrogen and oxygen atoms in total. The quantitative estimate of drug-likeness (QED) is 0.899. The maximum Gasteiger partial charge on any atom is 0.252 e. The van der Waals surface area contributed by atoms with Gasteiger partial charge in [0.2, 0.25) is 5.91 Å². The van der Waals surface area contributed by atoms with Crippen molar-refractivity contribution in [3.63, 3.8) is 0 Å². The topological polar surface area (TPSA) is 80.5 Å². The molecule has 2 rings (SSSR count). The minimum absolute atomic E-state index is 0.203. The number of nitrogens with zero attached hydrogens (tertiary/aromatic N) is 1. The van der Waals surface area contributed by atoms with E-state index in [0.717, 1.165) is 4.88 Å². The summed E-state index contributed by atoms with van der Waals surface area (Å²) in [6.45, 7) is 2.53. The van der Waals surface area contributed by atoms with Crippen molar-refractivity contribution in [1.82, 2.24) is 4.31 Å². The number of piperidine rings is 1. The van der Waals surface area contributed by atoms with Crippen molar-refractivity contribution in [2.24, 2.45) is 11.7 Å². The van der Waals surface area contributed by atoms with Gasteiger partial charge in [-0.05, 0) is 31.9 Å². The third kappa shape index (κ3) is 2.57. The predicted octanol–water partition coefficient (Wildman–Crippen LogP) is 0.943. The molecule has 0 aromatic carbocycles. The lowest BCUT2D eigenvalue weighted by atomic mass is 9.99. The van der Waals surface area contributed by atoms with Crippen LogP contribution in [0.5, 0.6) is 0 Å². The van der Waals surface area contributed by atoms with Gasteiger partial charge in [0.1, 0.15) is 4.21 Å². The second-order valence-corrected chi connectivity index (χ2v) is 7.92. The Labute approximate surface area is 111 Å². The summed E-state index contributed by atoms with van der Waals surface area (Å²) < 4.78 is 26.4. The summed E-state index contributed by atoms with van der Waals surface area (Å²) >= 11 is 1.25. The molecule has 0 saturated carbocycles. The Morgan fingerprint density at radius 3 is 2.78 bits per heavy atom. The van der Waals surface area contributed by atoms with Gasteiger partial charge in [0.25, 0.3) is 10.0 Å². The van der Waals surface area contributed by atoms with Crippen LogP contribution in [-0.2, 0) is 14.8 Å². The summed E-state index contributed by atoms with van der Waals surface area (Å²) in [7, 11) is -3.46. The van der Waals surface area contributed by atoms with Crippen LogP contribution in [-0.4, -0.2) is 31.7 Å². The second kappa shape index (κ2) is 4.99. The standard InChI is InChI=1S/C11H16N2O3S2/c1-8-4-5-10(17-8)18(15,16)13-6-2-3-9(7-13)11(12)14/h4-5,9H,2-3,6-7H2,1H3,(H2,12,14). The Hall–Kier alpha value is -0.920. The first-order chi connectivity index (χ1) is 8.41. The Morgan fingerprint density at radius 1 is 1.50 bits per heavy atom. The number of thiophene rings is 1. The predicted molar refractivity (Wildman–Crippen MR) is 69.7 cm³/mol. The van der Waals surface area contributed by atoms with Gasteiger partial charge in [-0.1, -0.05) is 0 Å². The van der Waals surface area contributed by atoms with Crippen LogP contribution in [0.1, 0.15) is 17.7 Å². The van der Waals surface area contributed by atoms with Gasteiger partial charge in [0.15, 0.2) is 0 Å². The van der Waals surface area contributed by atoms with Crippen molar-refractivity contribution in [3.8, 4) is 0 Å². The number of hydrogen-bond acceptors (Lipinski definition) is 4. The zero-order valence-electron chi connectivity index (χ0n) is 10.1. The van der Waals surface area contributed by atoms with Crippen LogP contribution in [0.25, 0.3) is 0 Å². The van der Waals surface area contributed by atoms with Crippen molar-refractivity contribution in [3.05, 3.63) is 17.0 Å². The van der Waals surface area contributed by atoms with E-state index in [2.05, 4.69) is 0 Å². The number of amides is 1. The molecule has 2 heterocycles. The van der Waals surface area contributed by atoms with Crippen molar-refractivity contribution in [2.45, 2.75) is 24.0 Å². The first kappa shape index (κ1) is 13.5. The van der Waals surface area contributed by atoms with E-state index in [4.69, 9.17) is 5.73 Å². The molecule has 0 spiro atoms. The van der Waals surface area contributed by atoms with Gasteiger partial charge in [-0.15, -0.1) is 11.3 Å². The largest absolute Gasteiger partial charge is 0.369 e. The number of aryl methyl sites for hydroxylation is 1. The minimum atomic E-state index is -3.46. The summed E-state index contributed by atoms with van der Waals surface area (Å²) in [5.74, 6) is -0.785. The first-order valence-electron chi connectivity index (χ1n) is 5.77. The summed E-state index contributed by atoms with van der Waals surface area (Å²) in [6, 6.07) is 3.40. The highest BCUT2D eigenvalue weighted by Gasteiger charge is 2.33. The van der Waals surface area contributed by atoms with Gasteiger partial charge in [-0.25, -0.2) is 8.42 Å². The van der Waals surface area contributed by atoms with Crippen LogP contribution in [0.2, 0.25) is 0 Å². The molecule has 1 aromatic heterocycles. The molecule has 1 aromatic rings. The molecule has 100 valence electrons. The van der Waals surface area contributed by atoms with Crippen molar-refractivity contribution < 1.29 is 13.2 Å². The number of hydrogen-bond donors (Lipinski definition) is 1. The Bertz CT molecular complexity index is 550. The molecule has 2 N–H and O–H groups in total. The minimum Gasteiger partial charge on any atom is -0.369 e. The molecular formula is C11H16N2O3S2. The van der Waals surface area contributed by atoms with Crippen LogP contribution in [0.4, 0.5) is 0 Å². The highest BCUT2D eigenvalue weighted by atomic mass is 32.2. The van der Waals surface area contributed by atoms with Crippen molar-refractivity contribution >= 4 is 27.3 Å². The van der Waals surface area contributed by atoms with E-state index >= 15 is 0 Å². The van der Waals surface area contributed by atoms with E-state index in [0.29, 0.717) is 23.6 Å². The highest BCUT2D eigenvalue weighted by Crippen LogP contribution is 2.27. The average molecular weight is 288 g/mol. The Morgan fingerprint density at radius 2 is 2.22 bits per heavy atom. The van der Waals surface area contributed by atoms with Gasteiger partial charge in [-0.3, -0.25) is 4.79 Å². The number of carbonyl (C=O) groups excluding carboxylic acids is 1. The lowest BCUT2D eigenvalue weighted by molar-refractivity contribution is -0.122. The third-order valence-electron chi connectivity index (χ3n) is 3.10. The van der Waals surface area contributed by atoms with Gasteiger partial charge in [-0.2, -0.15) is 4.31 Å². The fourth-order valence-corrected chi connectivity index (χ4v) is 5.03. The molecule has 7 heteroatoms. The smallest absolute Gasteiger partial charge is 0.252 e. The van der Waals surface area contributed by atoms with E-state index in [1.807, 2.05) is 6.92 Å². The summed E-state index contributed by atoms with van der Waals surface area (Å²) in [6.07, 6.45) is 1.35. The number of carbonyl (C=O) groups is 1. The molecule has 1 unspecified atom stereocenters. The fraction of sp³-hybridized carbons (Fsp3) is 0.545. The van der Waals surface area contributed by atoms with E-state index in [-0.39, 0.29) is 12.5 Å². The highest BCUT2D eigenvalue weighted by molar-refractivity contribution is 7.91. The maximum atomic E-state index is 12.4. The molecule has 1 atom stereocenters. The molecule has 1 aliphatic heterocycles. The zero-order chi connectivity index (χ0) is 13.3. The van der Waals surface area contributed by atoms with Gasteiger partial charge in [0.05, 0.1) is 5.92 Å². The fourth-order valence-electron chi connectivity index (χ4n) is 2.07. The molecule has 1 saturated heterocycles. The van der Waals surface area contributed by atoms with Crippen LogP contribution >= 0.6 is 11.3 Å². The van der Waals surface area contributed by atoms with Crippen LogP contribution in [0, 0.1) is 12.8 Å². The summed E-state index contributed by atoms with van der Waals surface area (Å²) in [5, 5.41) is 0. The first-order valence-corrected chi connectivity index (χ1v) is 8.03. The van der Waals surface area contributed by atoms with E-state index < -0.39 is 15.9 Å². The average Bonchev–Trinajstić information content (AvgIpc) is 2.77. The Balaban J connectivity index is 2.22. The number of primary amides is 1. The van der Waals surface area contributed by atoms with E-state index in [1.54, 1.807) is 12.1 Å². The molecule has 1 fully saturated rings. The monoisotopic (exact) mass is 288 g/mol. The molecule has 0 bridgehead atoms. The molecular weight excluding hydrogens is 272 g/mol. The number of nitrogens with two attached hydrogens (primary N) is 1.